The number of unbranched alkanes of at least 4 members (excludes halogenated alkanes) is 2. The number of piperidine rings is 1. The van der Waals surface area contributed by atoms with Crippen LogP contribution < -0.4 is 16.0 Å². The molecule has 3 aliphatic carbocycles. The van der Waals surface area contributed by atoms with Crippen molar-refractivity contribution in [1.29, 1.82) is 0 Å². The van der Waals surface area contributed by atoms with Crippen molar-refractivity contribution in [1.82, 2.24) is 60.0 Å². The number of nitrogens with zero attached hydrogens (tertiary/aromatic N) is 9. The predicted octanol–water partition coefficient (Wildman–Crippen LogP) is 6.96. The first-order valence-corrected chi connectivity index (χ1v) is 37.8. The molecular weight excluding hydrogens is 1340 g/mol. The summed E-state index contributed by atoms with van der Waals surface area (Å²) >= 11 is 6.17. The molecule has 3 saturated carbocycles. The molecular formula is C74H114ClF3N12O12. The molecule has 7 atom stereocenters. The number of carbonyl (C=O) groups excluding carboxylic acids is 12. The summed E-state index contributed by atoms with van der Waals surface area (Å²) in [5.74, 6) is -8.10. The highest BCUT2D eigenvalue weighted by atomic mass is 35.5. The molecule has 1 unspecified atom stereocenters. The maximum Gasteiger partial charge on any atom is 0.417 e. The van der Waals surface area contributed by atoms with Crippen LogP contribution in [0.3, 0.4) is 0 Å². The van der Waals surface area contributed by atoms with E-state index in [1.165, 1.54) is 84.8 Å². The Morgan fingerprint density at radius 3 is 1.81 bits per heavy atom. The van der Waals surface area contributed by atoms with E-state index in [4.69, 9.17) is 11.6 Å². The van der Waals surface area contributed by atoms with Crippen molar-refractivity contribution >= 4 is 82.5 Å². The fraction of sp³-hybridized carbons (Fsp3) is 0.757. The van der Waals surface area contributed by atoms with Gasteiger partial charge in [-0.05, 0) is 125 Å². The number of likely N-dealkylation sites (tertiary alicyclic amines) is 1. The molecule has 1 spiro atoms. The lowest BCUT2D eigenvalue weighted by molar-refractivity contribution is -0.157. The minimum absolute atomic E-state index is 0.0215. The number of alkyl halides is 3. The van der Waals surface area contributed by atoms with Gasteiger partial charge in [-0.15, -0.1) is 0 Å². The smallest absolute Gasteiger partial charge is 0.343 e. The molecule has 28 heteroatoms. The second-order valence-electron chi connectivity index (χ2n) is 30.4. The number of amides is 12. The number of carbonyl (C=O) groups is 12. The van der Waals surface area contributed by atoms with Crippen molar-refractivity contribution in [3.8, 4) is 0 Å². The summed E-state index contributed by atoms with van der Waals surface area (Å²) in [6, 6.07) is -5.45. The fourth-order valence-electron chi connectivity index (χ4n) is 16.1. The normalized spacial score (nSPS) is 26.3. The van der Waals surface area contributed by atoms with E-state index in [1.807, 2.05) is 20.8 Å². The lowest BCUT2D eigenvalue weighted by atomic mass is 9.81. The van der Waals surface area contributed by atoms with E-state index in [9.17, 15) is 41.9 Å². The van der Waals surface area contributed by atoms with Gasteiger partial charge in [-0.2, -0.15) is 13.2 Å². The quantitative estimate of drug-likeness (QED) is 0.169. The third-order valence-corrected chi connectivity index (χ3v) is 22.6. The van der Waals surface area contributed by atoms with Crippen molar-refractivity contribution in [3.63, 3.8) is 0 Å². The second-order valence-corrected chi connectivity index (χ2v) is 30.8. The lowest BCUT2D eigenvalue weighted by Gasteiger charge is -2.43. The molecule has 3 heterocycles. The van der Waals surface area contributed by atoms with Crippen molar-refractivity contribution in [3.05, 3.63) is 34.3 Å². The Balaban J connectivity index is 1.29. The third kappa shape index (κ3) is 21.3. The SMILES string of the molecule is CCCCC[C@@H]1NC(=O)[C@H](CC(C)C)N(C)C(=O)C[C@@H](C(=O)N2CCCCC2)N(C)C(=O)[C@H](C2CCCCC2)N(C)C(=O)C2(CCCC2)NC(=O)C2CCCN2C(=O)[C@H](CCc2ccc(C(F)(F)F)c(Cl)c2)NC(=O)CN(C)C(=O)[C@H](CC2CCCCC2)N(C)C(=O)CN(C)C(=O)CN(C)C1=O. The average Bonchev–Trinajstić information content (AvgIpc) is 1.49. The summed E-state index contributed by atoms with van der Waals surface area (Å²) in [6.07, 6.45) is 8.95. The van der Waals surface area contributed by atoms with E-state index >= 15 is 28.8 Å². The van der Waals surface area contributed by atoms with Gasteiger partial charge in [0.05, 0.1) is 36.6 Å². The monoisotopic (exact) mass is 1450 g/mol. The van der Waals surface area contributed by atoms with Gasteiger partial charge in [-0.25, -0.2) is 0 Å². The van der Waals surface area contributed by atoms with Crippen molar-refractivity contribution in [2.75, 3.05) is 88.6 Å². The summed E-state index contributed by atoms with van der Waals surface area (Å²) < 4.78 is 41.7. The van der Waals surface area contributed by atoms with Gasteiger partial charge in [-0.3, -0.25) is 57.5 Å². The summed E-state index contributed by atoms with van der Waals surface area (Å²) in [6.45, 7) is 4.89. The summed E-state index contributed by atoms with van der Waals surface area (Å²) in [7, 11) is 10.1. The Morgan fingerprint density at radius 2 is 1.20 bits per heavy atom. The van der Waals surface area contributed by atoms with Crippen molar-refractivity contribution in [2.45, 2.75) is 255 Å². The van der Waals surface area contributed by atoms with E-state index < -0.39 is 167 Å². The second kappa shape index (κ2) is 37.6. The lowest BCUT2D eigenvalue weighted by Crippen LogP contribution is -2.65. The van der Waals surface area contributed by atoms with Crippen LogP contribution >= 0.6 is 11.6 Å². The van der Waals surface area contributed by atoms with Gasteiger partial charge >= 0.3 is 6.18 Å². The Hall–Kier alpha value is -7.06. The Bertz CT molecular complexity index is 3130. The first kappa shape index (κ1) is 82.2. The van der Waals surface area contributed by atoms with Crippen LogP contribution in [0.4, 0.5) is 13.2 Å². The van der Waals surface area contributed by atoms with Gasteiger partial charge in [0.15, 0.2) is 0 Å². The van der Waals surface area contributed by atoms with E-state index in [2.05, 4.69) is 16.0 Å². The summed E-state index contributed by atoms with van der Waals surface area (Å²) in [5.41, 5.74) is -2.33. The predicted molar refractivity (Wildman–Crippen MR) is 378 cm³/mol. The fourth-order valence-corrected chi connectivity index (χ4v) is 16.4. The largest absolute Gasteiger partial charge is 0.417 e. The maximum absolute atomic E-state index is 15.8. The molecule has 24 nitrogen and oxygen atoms in total. The van der Waals surface area contributed by atoms with Crippen LogP contribution in [0.1, 0.15) is 205 Å². The molecule has 0 radical (unpaired) electrons. The number of halogens is 4. The highest BCUT2D eigenvalue weighted by molar-refractivity contribution is 6.31. The molecule has 7 rings (SSSR count). The molecule has 3 aliphatic heterocycles. The zero-order valence-electron chi connectivity index (χ0n) is 62.0. The number of fused-ring (bicyclic) bond motifs is 1. The first-order valence-electron chi connectivity index (χ1n) is 37.4. The highest BCUT2D eigenvalue weighted by Crippen LogP contribution is 2.39. The molecule has 1 aromatic carbocycles. The number of aryl methyl sites for hydroxylation is 1. The average molecular weight is 1460 g/mol. The Morgan fingerprint density at radius 1 is 0.598 bits per heavy atom. The zero-order valence-corrected chi connectivity index (χ0v) is 62.7. The maximum atomic E-state index is 15.8. The van der Waals surface area contributed by atoms with Crippen LogP contribution in [0.15, 0.2) is 18.2 Å². The number of nitrogens with one attached hydrogen (secondary N) is 3. The number of hydrogen-bond acceptors (Lipinski definition) is 12. The molecule has 3 saturated heterocycles. The van der Waals surface area contributed by atoms with Gasteiger partial charge in [0.25, 0.3) is 0 Å². The van der Waals surface area contributed by atoms with Crippen LogP contribution in [0.25, 0.3) is 0 Å². The Kier molecular flexibility index (Phi) is 30.3. The number of likely N-dealkylation sites (N-methyl/N-ethyl adjacent to an activating group) is 7. The van der Waals surface area contributed by atoms with E-state index in [1.54, 1.807) is 4.90 Å². The summed E-state index contributed by atoms with van der Waals surface area (Å²) in [4.78, 5) is 191. The third-order valence-electron chi connectivity index (χ3n) is 22.3. The molecule has 0 bridgehead atoms. The zero-order chi connectivity index (χ0) is 74.9. The van der Waals surface area contributed by atoms with Crippen LogP contribution in [0, 0.1) is 17.8 Å². The summed E-state index contributed by atoms with van der Waals surface area (Å²) in [5, 5.41) is 8.22. The van der Waals surface area contributed by atoms with Gasteiger partial charge in [0.2, 0.25) is 70.9 Å². The van der Waals surface area contributed by atoms with E-state index in [-0.39, 0.29) is 69.7 Å². The number of benzene rings is 1. The standard InChI is InChI=1S/C74H114ClF3N12O12/c1-11-12-16-30-54-67(97)84(6)46-62(93)82(4)47-63(94)86(8)58(43-49-26-17-13-18-27-49)69(99)83(5)45-60(91)79-55(35-33-50-32-34-52(53(75)42-50)74(76,77)78)68(98)90-40-25-31-56(90)66(96)81-73(36-21-22-37-73)72(102)88(10)64(51-28-19-14-20-29-51)71(101)87(9)59(70(100)89-38-23-15-24-39-89)44-61(92)85(7)57(41-48(2)3)65(95)80-54/h32,34,42,48-49,51,54-59,64H,11-31,33,35-41,43-47H2,1-10H3,(H,79,91)(H,80,95)(H,81,96)/t54-,55-,56?,57-,58-,59-,64-/m0/s1. The van der Waals surface area contributed by atoms with Crippen molar-refractivity contribution in [2.24, 2.45) is 17.8 Å². The van der Waals surface area contributed by atoms with Crippen LogP contribution in [-0.4, -0.2) is 251 Å². The van der Waals surface area contributed by atoms with E-state index in [0.29, 0.717) is 76.4 Å². The van der Waals surface area contributed by atoms with Crippen molar-refractivity contribution < 1.29 is 70.7 Å². The van der Waals surface area contributed by atoms with Gasteiger partial charge in [0, 0.05) is 69.0 Å². The highest BCUT2D eigenvalue weighted by Gasteiger charge is 2.51. The minimum atomic E-state index is -4.76. The molecule has 102 heavy (non-hydrogen) atoms. The van der Waals surface area contributed by atoms with Crippen LogP contribution in [0.5, 0.6) is 0 Å². The van der Waals surface area contributed by atoms with Gasteiger partial charge in [0.1, 0.15) is 47.8 Å². The molecule has 3 N–H and O–H groups in total. The molecule has 6 fully saturated rings. The molecule has 6 aliphatic rings. The molecule has 12 amide bonds. The number of hydrogen-bond donors (Lipinski definition) is 3. The first-order chi connectivity index (χ1) is 48.3. The molecule has 570 valence electrons. The molecule has 0 aromatic heterocycles. The topological polar surface area (TPSA) is 270 Å². The molecule has 1 aromatic rings. The van der Waals surface area contributed by atoms with Crippen LogP contribution in [-0.2, 0) is 70.1 Å². The minimum Gasteiger partial charge on any atom is -0.343 e. The van der Waals surface area contributed by atoms with Crippen LogP contribution in [0.2, 0.25) is 5.02 Å². The Labute approximate surface area is 605 Å². The van der Waals surface area contributed by atoms with E-state index in [0.717, 1.165) is 86.1 Å². The van der Waals surface area contributed by atoms with Gasteiger partial charge in [-0.1, -0.05) is 122 Å². The van der Waals surface area contributed by atoms with Gasteiger partial charge < -0.3 is 60.0 Å². The number of rotatable bonds is 13.